The molecule has 0 saturated heterocycles. The molecule has 2 aromatic rings. The summed E-state index contributed by atoms with van der Waals surface area (Å²) in [6, 6.07) is 19.5. The first-order valence-electron chi connectivity index (χ1n) is 12.1. The molecule has 31 heavy (non-hydrogen) atoms. The highest BCUT2D eigenvalue weighted by Gasteiger charge is 2.45. The normalized spacial score (nSPS) is 21.2. The summed E-state index contributed by atoms with van der Waals surface area (Å²) in [6.45, 7) is 9.98. The highest BCUT2D eigenvalue weighted by molar-refractivity contribution is 6.82. The monoisotopic (exact) mass is 430 g/mol. The van der Waals surface area contributed by atoms with Crippen molar-refractivity contribution >= 4 is 20.2 Å². The van der Waals surface area contributed by atoms with Crippen molar-refractivity contribution in [3.05, 3.63) is 82.9 Å². The van der Waals surface area contributed by atoms with Crippen LogP contribution in [0.4, 0.5) is 0 Å². The van der Waals surface area contributed by atoms with Crippen molar-refractivity contribution in [1.82, 2.24) is 0 Å². The van der Waals surface area contributed by atoms with Gasteiger partial charge >= 0.3 is 0 Å². The third-order valence-electron chi connectivity index (χ3n) is 7.16. The van der Waals surface area contributed by atoms with Gasteiger partial charge < -0.3 is 4.74 Å². The number of unbranched alkanes of at least 4 members (excludes halogenated alkanes) is 3. The molecule has 2 aliphatic carbocycles. The largest absolute Gasteiger partial charge is 0.376 e. The SMILES string of the molecule is CC(C)(C)OCCCCCC[Si](C)(C1C=Cc2ccccc21)C1C=Cc2ccccc21. The van der Waals surface area contributed by atoms with Crippen molar-refractivity contribution < 1.29 is 4.74 Å². The van der Waals surface area contributed by atoms with Crippen molar-refractivity contribution in [3.8, 4) is 0 Å². The maximum Gasteiger partial charge on any atom is 0.0745 e. The van der Waals surface area contributed by atoms with E-state index < -0.39 is 8.07 Å². The second-order valence-corrected chi connectivity index (χ2v) is 15.3. The Kier molecular flexibility index (Phi) is 6.69. The summed E-state index contributed by atoms with van der Waals surface area (Å²) in [4.78, 5) is 0. The van der Waals surface area contributed by atoms with Gasteiger partial charge in [-0.2, -0.15) is 0 Å². The molecule has 2 aliphatic rings. The highest BCUT2D eigenvalue weighted by atomic mass is 28.3. The standard InChI is InChI=1S/C29H38OSi/c1-29(2,3)30-21-11-5-6-12-22-31(4,27-19-17-23-13-7-9-15-25(23)27)28-20-18-24-14-8-10-16-26(24)28/h7-10,13-20,27-28H,5-6,11-12,21-22H2,1-4H3. The maximum absolute atomic E-state index is 5.91. The molecule has 0 saturated carbocycles. The molecule has 2 atom stereocenters. The second kappa shape index (κ2) is 9.30. The molecule has 2 heteroatoms. The molecule has 2 aromatic carbocycles. The predicted octanol–water partition coefficient (Wildman–Crippen LogP) is 8.14. The van der Waals surface area contributed by atoms with Crippen LogP contribution in [0.5, 0.6) is 0 Å². The van der Waals surface area contributed by atoms with E-state index >= 15 is 0 Å². The molecule has 164 valence electrons. The van der Waals surface area contributed by atoms with Gasteiger partial charge in [-0.25, -0.2) is 0 Å². The topological polar surface area (TPSA) is 9.23 Å². The first-order chi connectivity index (χ1) is 14.9. The van der Waals surface area contributed by atoms with Gasteiger partial charge in [0, 0.05) is 6.61 Å². The van der Waals surface area contributed by atoms with Crippen molar-refractivity contribution in [3.63, 3.8) is 0 Å². The minimum atomic E-state index is -1.69. The fourth-order valence-electron chi connectivity index (χ4n) is 5.49. The lowest BCUT2D eigenvalue weighted by Crippen LogP contribution is -2.43. The lowest BCUT2D eigenvalue weighted by Gasteiger charge is -2.39. The summed E-state index contributed by atoms with van der Waals surface area (Å²) in [6.07, 6.45) is 14.9. The van der Waals surface area contributed by atoms with Crippen molar-refractivity contribution in [1.29, 1.82) is 0 Å². The van der Waals surface area contributed by atoms with E-state index in [0.29, 0.717) is 11.1 Å². The Morgan fingerprint density at radius 1 is 0.742 bits per heavy atom. The number of hydrogen-bond acceptors (Lipinski definition) is 1. The second-order valence-electron chi connectivity index (χ2n) is 10.6. The quantitative estimate of drug-likeness (QED) is 0.288. The van der Waals surface area contributed by atoms with Crippen molar-refractivity contribution in [2.24, 2.45) is 0 Å². The van der Waals surface area contributed by atoms with Crippen LogP contribution < -0.4 is 0 Å². The van der Waals surface area contributed by atoms with Crippen LogP contribution >= 0.6 is 0 Å². The Bertz CT molecular complexity index is 888. The third kappa shape index (κ3) is 4.96. The van der Waals surface area contributed by atoms with Gasteiger partial charge in [-0.3, -0.25) is 0 Å². The molecule has 0 heterocycles. The molecule has 2 unspecified atom stereocenters. The van der Waals surface area contributed by atoms with Crippen LogP contribution in [-0.2, 0) is 4.74 Å². The van der Waals surface area contributed by atoms with E-state index in [9.17, 15) is 0 Å². The van der Waals surface area contributed by atoms with Gasteiger partial charge in [-0.15, -0.1) is 0 Å². The molecule has 0 aromatic heterocycles. The number of rotatable bonds is 9. The molecular formula is C29H38OSi. The van der Waals surface area contributed by atoms with Gasteiger partial charge in [0.2, 0.25) is 0 Å². The van der Waals surface area contributed by atoms with E-state index in [4.69, 9.17) is 4.74 Å². The Balaban J connectivity index is 1.47. The van der Waals surface area contributed by atoms with Gasteiger partial charge in [0.05, 0.1) is 13.7 Å². The Morgan fingerprint density at radius 2 is 1.26 bits per heavy atom. The van der Waals surface area contributed by atoms with Crippen LogP contribution in [0, 0.1) is 0 Å². The summed E-state index contributed by atoms with van der Waals surface area (Å²) in [7, 11) is -1.69. The average Bonchev–Trinajstić information content (AvgIpc) is 3.37. The number of allylic oxidation sites excluding steroid dienone is 2. The Labute approximate surface area is 190 Å². The van der Waals surface area contributed by atoms with E-state index in [2.05, 4.69) is 100 Å². The fourth-order valence-corrected chi connectivity index (χ4v) is 10.5. The summed E-state index contributed by atoms with van der Waals surface area (Å²) in [5.41, 5.74) is 7.18. The van der Waals surface area contributed by atoms with Crippen LogP contribution in [0.3, 0.4) is 0 Å². The van der Waals surface area contributed by atoms with Crippen LogP contribution in [0.25, 0.3) is 12.2 Å². The predicted molar refractivity (Wildman–Crippen MR) is 137 cm³/mol. The van der Waals surface area contributed by atoms with E-state index in [1.165, 1.54) is 42.9 Å². The van der Waals surface area contributed by atoms with Crippen LogP contribution in [-0.4, -0.2) is 20.3 Å². The number of benzene rings is 2. The van der Waals surface area contributed by atoms with E-state index in [-0.39, 0.29) is 5.60 Å². The van der Waals surface area contributed by atoms with Gasteiger partial charge in [0.15, 0.2) is 0 Å². The molecular weight excluding hydrogens is 392 g/mol. The van der Waals surface area contributed by atoms with E-state index in [0.717, 1.165) is 6.61 Å². The van der Waals surface area contributed by atoms with Crippen LogP contribution in [0.1, 0.15) is 79.8 Å². The number of fused-ring (bicyclic) bond motifs is 2. The lowest BCUT2D eigenvalue weighted by atomic mass is 10.1. The maximum atomic E-state index is 5.91. The fraction of sp³-hybridized carbons (Fsp3) is 0.448. The molecule has 1 nitrogen and oxygen atoms in total. The summed E-state index contributed by atoms with van der Waals surface area (Å²) >= 11 is 0. The molecule has 0 bridgehead atoms. The van der Waals surface area contributed by atoms with Gasteiger partial charge in [-0.1, -0.05) is 105 Å². The number of ether oxygens (including phenoxy) is 1. The van der Waals surface area contributed by atoms with Crippen molar-refractivity contribution in [2.45, 2.75) is 75.7 Å². The summed E-state index contributed by atoms with van der Waals surface area (Å²) in [5.74, 6) is 0. The van der Waals surface area contributed by atoms with Gasteiger partial charge in [0.25, 0.3) is 0 Å². The molecule has 0 amide bonds. The van der Waals surface area contributed by atoms with E-state index in [1.54, 1.807) is 11.1 Å². The molecule has 0 N–H and O–H groups in total. The molecule has 0 radical (unpaired) electrons. The minimum Gasteiger partial charge on any atom is -0.376 e. The van der Waals surface area contributed by atoms with Crippen molar-refractivity contribution in [2.75, 3.05) is 6.61 Å². The van der Waals surface area contributed by atoms with Crippen LogP contribution in [0.2, 0.25) is 12.6 Å². The molecule has 0 spiro atoms. The first kappa shape index (κ1) is 22.3. The molecule has 0 fully saturated rings. The zero-order valence-electron chi connectivity index (χ0n) is 19.7. The highest BCUT2D eigenvalue weighted by Crippen LogP contribution is 2.49. The zero-order valence-corrected chi connectivity index (χ0v) is 20.7. The minimum absolute atomic E-state index is 0.0180. The summed E-state index contributed by atoms with van der Waals surface area (Å²) in [5, 5.41) is 0. The smallest absolute Gasteiger partial charge is 0.0745 e. The van der Waals surface area contributed by atoms with E-state index in [1.807, 2.05) is 0 Å². The Hall–Kier alpha value is -1.90. The number of hydrogen-bond donors (Lipinski definition) is 0. The zero-order chi connectivity index (χ0) is 21.9. The lowest BCUT2D eigenvalue weighted by molar-refractivity contribution is -0.00471. The van der Waals surface area contributed by atoms with Gasteiger partial charge in [-0.05, 0) is 60.5 Å². The molecule has 4 rings (SSSR count). The Morgan fingerprint density at radius 3 is 1.81 bits per heavy atom. The summed E-state index contributed by atoms with van der Waals surface area (Å²) < 4.78 is 5.91. The molecule has 0 aliphatic heterocycles. The van der Waals surface area contributed by atoms with Crippen LogP contribution in [0.15, 0.2) is 60.7 Å². The average molecular weight is 431 g/mol. The van der Waals surface area contributed by atoms with Gasteiger partial charge in [0.1, 0.15) is 0 Å². The first-order valence-corrected chi connectivity index (χ1v) is 14.9. The third-order valence-corrected chi connectivity index (χ3v) is 12.4.